The van der Waals surface area contributed by atoms with E-state index < -0.39 is 0 Å². The van der Waals surface area contributed by atoms with Crippen molar-refractivity contribution in [2.75, 3.05) is 11.9 Å². The Balaban J connectivity index is 1.64. The van der Waals surface area contributed by atoms with Gasteiger partial charge >= 0.3 is 0 Å². The van der Waals surface area contributed by atoms with Gasteiger partial charge in [-0.2, -0.15) is 0 Å². The zero-order valence-electron chi connectivity index (χ0n) is 18.2. The molecular formula is C25H40N2. The largest absolute Gasteiger partial charge is 0.384 e. The molecule has 0 bridgehead atoms. The quantitative estimate of drug-likeness (QED) is 0.499. The van der Waals surface area contributed by atoms with Gasteiger partial charge in [-0.1, -0.05) is 47.5 Å². The minimum Gasteiger partial charge on any atom is -0.384 e. The lowest BCUT2D eigenvalue weighted by atomic mass is 9.65. The monoisotopic (exact) mass is 368 g/mol. The second-order valence-electron chi connectivity index (χ2n) is 9.84. The van der Waals surface area contributed by atoms with Crippen molar-refractivity contribution in [2.45, 2.75) is 79.6 Å². The Kier molecular flexibility index (Phi) is 6.55. The molecule has 0 amide bonds. The molecule has 4 atom stereocenters. The maximum atomic E-state index is 3.79. The summed E-state index contributed by atoms with van der Waals surface area (Å²) in [6.07, 6.45) is 11.5. The zero-order chi connectivity index (χ0) is 19.4. The van der Waals surface area contributed by atoms with Gasteiger partial charge in [-0.25, -0.2) is 0 Å². The third kappa shape index (κ3) is 5.09. The van der Waals surface area contributed by atoms with E-state index >= 15 is 0 Å². The highest BCUT2D eigenvalue weighted by Gasteiger charge is 2.35. The van der Waals surface area contributed by atoms with Gasteiger partial charge < -0.3 is 10.3 Å². The molecule has 2 N–H and O–H groups in total. The molecule has 27 heavy (non-hydrogen) atoms. The second-order valence-corrected chi connectivity index (χ2v) is 9.84. The molecule has 0 saturated heterocycles. The molecule has 2 heteroatoms. The van der Waals surface area contributed by atoms with Crippen molar-refractivity contribution < 1.29 is 0 Å². The summed E-state index contributed by atoms with van der Waals surface area (Å²) in [6, 6.07) is 6.79. The third-order valence-corrected chi connectivity index (χ3v) is 6.74. The summed E-state index contributed by atoms with van der Waals surface area (Å²) in [5.41, 5.74) is 4.35. The summed E-state index contributed by atoms with van der Waals surface area (Å²) < 4.78 is 0. The van der Waals surface area contributed by atoms with Crippen LogP contribution in [0.2, 0.25) is 0 Å². The predicted molar refractivity (Wildman–Crippen MR) is 119 cm³/mol. The van der Waals surface area contributed by atoms with Crippen LogP contribution in [-0.2, 0) is 6.42 Å². The van der Waals surface area contributed by atoms with E-state index in [-0.39, 0.29) is 0 Å². The van der Waals surface area contributed by atoms with Crippen molar-refractivity contribution in [3.63, 3.8) is 0 Å². The molecule has 150 valence electrons. The molecule has 0 spiro atoms. The molecule has 1 aliphatic rings. The van der Waals surface area contributed by atoms with E-state index in [1.54, 1.807) is 0 Å². The van der Waals surface area contributed by atoms with Crippen LogP contribution in [0.5, 0.6) is 0 Å². The van der Waals surface area contributed by atoms with Gasteiger partial charge in [0.05, 0.1) is 0 Å². The SMILES string of the molecule is CCCC(C)CC1CC(C)CC(C)(CNc2ccc3[nH]cc(CC)c3c2)C1. The Morgan fingerprint density at radius 1 is 1.26 bits per heavy atom. The summed E-state index contributed by atoms with van der Waals surface area (Å²) in [6.45, 7) is 13.1. The van der Waals surface area contributed by atoms with E-state index in [1.165, 1.54) is 60.7 Å². The number of nitrogens with one attached hydrogen (secondary N) is 2. The number of fused-ring (bicyclic) bond motifs is 1. The normalized spacial score (nSPS) is 27.0. The molecule has 1 aliphatic carbocycles. The van der Waals surface area contributed by atoms with Gasteiger partial charge in [0.2, 0.25) is 0 Å². The Bertz CT molecular complexity index is 731. The topological polar surface area (TPSA) is 27.8 Å². The molecule has 0 aliphatic heterocycles. The van der Waals surface area contributed by atoms with Crippen molar-refractivity contribution in [1.29, 1.82) is 0 Å². The molecule has 1 aromatic carbocycles. The van der Waals surface area contributed by atoms with Crippen LogP contribution >= 0.6 is 0 Å². The molecule has 2 nitrogen and oxygen atoms in total. The van der Waals surface area contributed by atoms with Gasteiger partial charge in [0.15, 0.2) is 0 Å². The maximum absolute atomic E-state index is 3.79. The summed E-state index contributed by atoms with van der Waals surface area (Å²) in [5, 5.41) is 5.17. The molecule has 2 aromatic rings. The van der Waals surface area contributed by atoms with Gasteiger partial charge in [-0.3, -0.25) is 0 Å². The fourth-order valence-electron chi connectivity index (χ4n) is 5.76. The molecular weight excluding hydrogens is 328 g/mol. The molecule has 1 saturated carbocycles. The first-order valence-corrected chi connectivity index (χ1v) is 11.3. The molecule has 0 radical (unpaired) electrons. The fourth-order valence-corrected chi connectivity index (χ4v) is 5.76. The van der Waals surface area contributed by atoms with E-state index in [2.05, 4.69) is 69.3 Å². The standard InChI is InChI=1S/C25H40N2/c1-6-8-18(3)11-20-12-19(4)14-25(5,15-20)17-27-22-9-10-24-23(13-22)21(7-2)16-26-24/h9-10,13,16,18-20,26-27H,6-8,11-12,14-15,17H2,1-5H3. The lowest BCUT2D eigenvalue weighted by molar-refractivity contribution is 0.111. The van der Waals surface area contributed by atoms with Crippen LogP contribution in [-0.4, -0.2) is 11.5 Å². The predicted octanol–water partition coefficient (Wildman–Crippen LogP) is 7.41. The van der Waals surface area contributed by atoms with Gasteiger partial charge in [0.25, 0.3) is 0 Å². The number of hydrogen-bond acceptors (Lipinski definition) is 1. The highest BCUT2D eigenvalue weighted by Crippen LogP contribution is 2.44. The number of anilines is 1. The smallest absolute Gasteiger partial charge is 0.0458 e. The van der Waals surface area contributed by atoms with Crippen LogP contribution < -0.4 is 5.32 Å². The Morgan fingerprint density at radius 3 is 2.81 bits per heavy atom. The first-order chi connectivity index (χ1) is 12.9. The average molecular weight is 369 g/mol. The van der Waals surface area contributed by atoms with Gasteiger partial charge in [0, 0.05) is 29.3 Å². The number of aryl methyl sites for hydroxylation is 1. The van der Waals surface area contributed by atoms with E-state index in [1.807, 2.05) is 0 Å². The van der Waals surface area contributed by atoms with Crippen molar-refractivity contribution in [3.8, 4) is 0 Å². The molecule has 4 unspecified atom stereocenters. The summed E-state index contributed by atoms with van der Waals surface area (Å²) in [7, 11) is 0. The lowest BCUT2D eigenvalue weighted by Gasteiger charge is -2.42. The number of rotatable bonds is 8. The third-order valence-electron chi connectivity index (χ3n) is 6.74. The Labute approximate surface area is 166 Å². The molecule has 1 heterocycles. The van der Waals surface area contributed by atoms with Crippen molar-refractivity contribution in [2.24, 2.45) is 23.2 Å². The number of H-pyrrole nitrogens is 1. The highest BCUT2D eigenvalue weighted by atomic mass is 14.9. The van der Waals surface area contributed by atoms with Crippen LogP contribution in [0.4, 0.5) is 5.69 Å². The van der Waals surface area contributed by atoms with Crippen LogP contribution in [0.1, 0.15) is 78.7 Å². The fraction of sp³-hybridized carbons (Fsp3) is 0.680. The summed E-state index contributed by atoms with van der Waals surface area (Å²) in [4.78, 5) is 3.39. The first kappa shape index (κ1) is 20.3. The summed E-state index contributed by atoms with van der Waals surface area (Å²) in [5.74, 6) is 2.63. The van der Waals surface area contributed by atoms with E-state index in [4.69, 9.17) is 0 Å². The highest BCUT2D eigenvalue weighted by molar-refractivity contribution is 5.86. The lowest BCUT2D eigenvalue weighted by Crippen LogP contribution is -2.36. The zero-order valence-corrected chi connectivity index (χ0v) is 18.2. The first-order valence-electron chi connectivity index (χ1n) is 11.3. The van der Waals surface area contributed by atoms with Crippen LogP contribution in [0.25, 0.3) is 10.9 Å². The Morgan fingerprint density at radius 2 is 2.07 bits per heavy atom. The van der Waals surface area contributed by atoms with E-state index in [0.717, 1.165) is 30.7 Å². The van der Waals surface area contributed by atoms with Crippen LogP contribution in [0.15, 0.2) is 24.4 Å². The van der Waals surface area contributed by atoms with Crippen molar-refractivity contribution in [1.82, 2.24) is 4.98 Å². The average Bonchev–Trinajstić information content (AvgIpc) is 3.01. The number of benzene rings is 1. The number of hydrogen-bond donors (Lipinski definition) is 2. The van der Waals surface area contributed by atoms with E-state index in [0.29, 0.717) is 5.41 Å². The minimum absolute atomic E-state index is 0.412. The Hall–Kier alpha value is -1.44. The van der Waals surface area contributed by atoms with Gasteiger partial charge in [0.1, 0.15) is 0 Å². The van der Waals surface area contributed by atoms with Crippen LogP contribution in [0, 0.1) is 23.2 Å². The van der Waals surface area contributed by atoms with Gasteiger partial charge in [-0.05, 0) is 79.0 Å². The second kappa shape index (κ2) is 8.71. The van der Waals surface area contributed by atoms with Crippen molar-refractivity contribution >= 4 is 16.6 Å². The summed E-state index contributed by atoms with van der Waals surface area (Å²) >= 11 is 0. The van der Waals surface area contributed by atoms with E-state index in [9.17, 15) is 0 Å². The van der Waals surface area contributed by atoms with Crippen LogP contribution in [0.3, 0.4) is 0 Å². The molecule has 1 fully saturated rings. The number of aromatic amines is 1. The van der Waals surface area contributed by atoms with Gasteiger partial charge in [-0.15, -0.1) is 0 Å². The molecule has 3 rings (SSSR count). The van der Waals surface area contributed by atoms with Crippen molar-refractivity contribution in [3.05, 3.63) is 30.0 Å². The maximum Gasteiger partial charge on any atom is 0.0458 e. The molecule has 1 aromatic heterocycles. The minimum atomic E-state index is 0.412. The number of aromatic nitrogens is 1.